The summed E-state index contributed by atoms with van der Waals surface area (Å²) in [4.78, 5) is 16.9. The first-order valence-electron chi connectivity index (χ1n) is 8.04. The average molecular weight is 364 g/mol. The van der Waals surface area contributed by atoms with Gasteiger partial charge in [0.05, 0.1) is 18.4 Å². The molecule has 6 heteroatoms. The Balaban J connectivity index is 1.70. The molecule has 0 saturated carbocycles. The van der Waals surface area contributed by atoms with E-state index in [1.807, 2.05) is 42.6 Å². The van der Waals surface area contributed by atoms with Gasteiger partial charge in [0.15, 0.2) is 5.13 Å². The Bertz CT molecular complexity index is 1150. The molecule has 0 unspecified atom stereocenters. The number of hydrogen-bond donors (Lipinski definition) is 1. The van der Waals surface area contributed by atoms with Crippen molar-refractivity contribution in [1.82, 2.24) is 4.98 Å². The normalized spacial score (nSPS) is 10.8. The van der Waals surface area contributed by atoms with Gasteiger partial charge in [-0.3, -0.25) is 0 Å². The zero-order valence-corrected chi connectivity index (χ0v) is 15.1. The average Bonchev–Trinajstić information content (AvgIpc) is 3.09. The molecule has 0 bridgehead atoms. The van der Waals surface area contributed by atoms with Crippen LogP contribution in [0.1, 0.15) is 5.56 Å². The molecule has 26 heavy (non-hydrogen) atoms. The third-order valence-corrected chi connectivity index (χ3v) is 4.75. The lowest BCUT2D eigenvalue weighted by Gasteiger charge is -2.04. The molecule has 2 aromatic heterocycles. The van der Waals surface area contributed by atoms with Crippen molar-refractivity contribution >= 4 is 33.1 Å². The van der Waals surface area contributed by atoms with Crippen LogP contribution in [0, 0.1) is 6.92 Å². The van der Waals surface area contributed by atoms with Crippen LogP contribution in [-0.4, -0.2) is 12.1 Å². The van der Waals surface area contributed by atoms with Crippen LogP contribution in [0.25, 0.3) is 22.2 Å². The van der Waals surface area contributed by atoms with Crippen molar-refractivity contribution in [2.24, 2.45) is 0 Å². The molecule has 5 nitrogen and oxygen atoms in total. The zero-order chi connectivity index (χ0) is 18.1. The van der Waals surface area contributed by atoms with E-state index in [-0.39, 0.29) is 0 Å². The molecule has 130 valence electrons. The second kappa shape index (κ2) is 6.65. The van der Waals surface area contributed by atoms with Gasteiger partial charge in [0.25, 0.3) is 0 Å². The molecule has 4 aromatic rings. The quantitative estimate of drug-likeness (QED) is 0.518. The summed E-state index contributed by atoms with van der Waals surface area (Å²) in [7, 11) is 1.60. The van der Waals surface area contributed by atoms with Gasteiger partial charge in [-0.05, 0) is 48.9 Å². The Morgan fingerprint density at radius 1 is 1.15 bits per heavy atom. The number of ether oxygens (including phenoxy) is 1. The van der Waals surface area contributed by atoms with E-state index in [9.17, 15) is 4.79 Å². The van der Waals surface area contributed by atoms with Crippen LogP contribution in [0.15, 0.2) is 63.1 Å². The van der Waals surface area contributed by atoms with Crippen LogP contribution < -0.4 is 15.7 Å². The van der Waals surface area contributed by atoms with Crippen LogP contribution in [0.4, 0.5) is 10.8 Å². The van der Waals surface area contributed by atoms with E-state index in [0.29, 0.717) is 22.6 Å². The molecule has 0 saturated heterocycles. The molecule has 0 amide bonds. The number of methoxy groups -OCH3 is 1. The molecule has 0 spiro atoms. The lowest BCUT2D eigenvalue weighted by Crippen LogP contribution is -2.03. The van der Waals surface area contributed by atoms with Crippen molar-refractivity contribution in [3.8, 4) is 17.0 Å². The summed E-state index contributed by atoms with van der Waals surface area (Å²) in [5, 5.41) is 6.62. The van der Waals surface area contributed by atoms with Crippen LogP contribution in [-0.2, 0) is 0 Å². The molecule has 0 aliphatic heterocycles. The molecule has 0 aliphatic rings. The number of nitrogens with one attached hydrogen (secondary N) is 1. The Hall–Kier alpha value is -3.12. The third kappa shape index (κ3) is 3.19. The van der Waals surface area contributed by atoms with Crippen molar-refractivity contribution in [3.05, 3.63) is 69.9 Å². The SMILES string of the molecule is COc1ccc2oc(=O)c(-c3csc(Nc4cccc(C)c4)n3)cc2c1. The van der Waals surface area contributed by atoms with Gasteiger partial charge in [0.1, 0.15) is 11.3 Å². The minimum atomic E-state index is -0.407. The molecular weight excluding hydrogens is 348 g/mol. The van der Waals surface area contributed by atoms with Gasteiger partial charge in [0.2, 0.25) is 0 Å². The van der Waals surface area contributed by atoms with Crippen LogP contribution >= 0.6 is 11.3 Å². The van der Waals surface area contributed by atoms with Crippen molar-refractivity contribution in [2.75, 3.05) is 12.4 Å². The molecule has 1 N–H and O–H groups in total. The van der Waals surface area contributed by atoms with E-state index >= 15 is 0 Å². The van der Waals surface area contributed by atoms with Gasteiger partial charge in [-0.2, -0.15) is 0 Å². The van der Waals surface area contributed by atoms with Crippen LogP contribution in [0.5, 0.6) is 5.75 Å². The van der Waals surface area contributed by atoms with Crippen LogP contribution in [0.2, 0.25) is 0 Å². The fourth-order valence-electron chi connectivity index (χ4n) is 2.71. The molecule has 0 fully saturated rings. The van der Waals surface area contributed by atoms with Gasteiger partial charge < -0.3 is 14.5 Å². The second-order valence-corrected chi connectivity index (χ2v) is 6.74. The highest BCUT2D eigenvalue weighted by Crippen LogP contribution is 2.28. The van der Waals surface area contributed by atoms with Crippen molar-refractivity contribution in [1.29, 1.82) is 0 Å². The van der Waals surface area contributed by atoms with Crippen molar-refractivity contribution < 1.29 is 9.15 Å². The summed E-state index contributed by atoms with van der Waals surface area (Å²) in [5.74, 6) is 0.706. The summed E-state index contributed by atoms with van der Waals surface area (Å²) in [6.07, 6.45) is 0. The van der Waals surface area contributed by atoms with Crippen LogP contribution in [0.3, 0.4) is 0 Å². The molecule has 0 aliphatic carbocycles. The molecule has 4 rings (SSSR count). The number of aryl methyl sites for hydroxylation is 1. The highest BCUT2D eigenvalue weighted by molar-refractivity contribution is 7.14. The number of anilines is 2. The fourth-order valence-corrected chi connectivity index (χ4v) is 3.44. The number of thiazole rings is 1. The zero-order valence-electron chi connectivity index (χ0n) is 14.3. The molecular formula is C20H16N2O3S. The first kappa shape index (κ1) is 16.4. The minimum absolute atomic E-state index is 0.407. The van der Waals surface area contributed by atoms with Gasteiger partial charge in [-0.15, -0.1) is 11.3 Å². The smallest absolute Gasteiger partial charge is 0.345 e. The van der Waals surface area contributed by atoms with E-state index in [0.717, 1.165) is 21.8 Å². The monoisotopic (exact) mass is 364 g/mol. The number of aromatic nitrogens is 1. The number of fused-ring (bicyclic) bond motifs is 1. The summed E-state index contributed by atoms with van der Waals surface area (Å²) < 4.78 is 10.7. The summed E-state index contributed by atoms with van der Waals surface area (Å²) in [6, 6.07) is 15.1. The highest BCUT2D eigenvalue weighted by Gasteiger charge is 2.12. The Morgan fingerprint density at radius 2 is 2.04 bits per heavy atom. The second-order valence-electron chi connectivity index (χ2n) is 5.88. The Kier molecular flexibility index (Phi) is 4.18. The highest BCUT2D eigenvalue weighted by atomic mass is 32.1. The van der Waals surface area contributed by atoms with Gasteiger partial charge >= 0.3 is 5.63 Å². The van der Waals surface area contributed by atoms with Gasteiger partial charge in [-0.25, -0.2) is 9.78 Å². The maximum Gasteiger partial charge on any atom is 0.345 e. The third-order valence-electron chi connectivity index (χ3n) is 3.99. The fraction of sp³-hybridized carbons (Fsp3) is 0.100. The van der Waals surface area contributed by atoms with E-state index in [1.54, 1.807) is 25.3 Å². The maximum atomic E-state index is 12.3. The first-order valence-corrected chi connectivity index (χ1v) is 8.92. The lowest BCUT2D eigenvalue weighted by molar-refractivity contribution is 0.415. The Labute approximate surface area is 153 Å². The largest absolute Gasteiger partial charge is 0.497 e. The lowest BCUT2D eigenvalue weighted by atomic mass is 10.1. The Morgan fingerprint density at radius 3 is 2.85 bits per heavy atom. The number of benzene rings is 2. The molecule has 2 aromatic carbocycles. The predicted octanol–water partition coefficient (Wildman–Crippen LogP) is 4.98. The topological polar surface area (TPSA) is 64.4 Å². The van der Waals surface area contributed by atoms with Gasteiger partial charge in [0, 0.05) is 16.5 Å². The summed E-state index contributed by atoms with van der Waals surface area (Å²) in [5.41, 5.74) is 3.25. The number of hydrogen-bond acceptors (Lipinski definition) is 6. The molecule has 2 heterocycles. The first-order chi connectivity index (χ1) is 12.6. The van der Waals surface area contributed by atoms with Crippen molar-refractivity contribution in [2.45, 2.75) is 6.92 Å². The number of rotatable bonds is 4. The van der Waals surface area contributed by atoms with E-state index < -0.39 is 5.63 Å². The van der Waals surface area contributed by atoms with Crippen molar-refractivity contribution in [3.63, 3.8) is 0 Å². The standard InChI is InChI=1S/C20H16N2O3S/c1-12-4-3-5-14(8-12)21-20-22-17(11-26-20)16-10-13-9-15(24-2)6-7-18(13)25-19(16)23/h3-11H,1-2H3,(H,21,22). The van der Waals surface area contributed by atoms with E-state index in [1.165, 1.54) is 11.3 Å². The summed E-state index contributed by atoms with van der Waals surface area (Å²) in [6.45, 7) is 2.03. The van der Waals surface area contributed by atoms with E-state index in [4.69, 9.17) is 9.15 Å². The minimum Gasteiger partial charge on any atom is -0.497 e. The van der Waals surface area contributed by atoms with E-state index in [2.05, 4.69) is 10.3 Å². The molecule has 0 atom stereocenters. The predicted molar refractivity (Wildman–Crippen MR) is 105 cm³/mol. The van der Waals surface area contributed by atoms with Gasteiger partial charge in [-0.1, -0.05) is 12.1 Å². The molecule has 0 radical (unpaired) electrons. The maximum absolute atomic E-state index is 12.3. The summed E-state index contributed by atoms with van der Waals surface area (Å²) >= 11 is 1.44. The number of nitrogens with zero attached hydrogens (tertiary/aromatic N) is 1.